The number of amides is 1. The van der Waals surface area contributed by atoms with E-state index >= 15 is 0 Å². The molecule has 0 N–H and O–H groups in total. The fraction of sp³-hybridized carbons (Fsp3) is 0.778. The predicted octanol–water partition coefficient (Wildman–Crippen LogP) is 2.04. The summed E-state index contributed by atoms with van der Waals surface area (Å²) >= 11 is 0. The van der Waals surface area contributed by atoms with Crippen LogP contribution in [-0.2, 0) is 28.6 Å². The van der Waals surface area contributed by atoms with Gasteiger partial charge in [0.05, 0.1) is 0 Å². The van der Waals surface area contributed by atoms with Crippen LogP contribution in [0, 0.1) is 11.8 Å². The predicted molar refractivity (Wildman–Crippen MR) is 89.9 cm³/mol. The second-order valence-electron chi connectivity index (χ2n) is 8.32. The number of likely N-dealkylation sites (tertiary alicyclic amines) is 1. The van der Waals surface area contributed by atoms with Crippen molar-refractivity contribution in [1.82, 2.24) is 4.90 Å². The van der Waals surface area contributed by atoms with E-state index in [-0.39, 0.29) is 6.04 Å². The number of ether oxygens (including phenoxy) is 3. The lowest BCUT2D eigenvalue weighted by atomic mass is 9.82. The minimum atomic E-state index is -1.55. The van der Waals surface area contributed by atoms with E-state index in [2.05, 4.69) is 0 Å². The van der Waals surface area contributed by atoms with Crippen LogP contribution in [0.5, 0.6) is 0 Å². The first-order chi connectivity index (χ1) is 11.8. The molecule has 8 nitrogen and oxygen atoms in total. The zero-order valence-corrected chi connectivity index (χ0v) is 16.2. The van der Waals surface area contributed by atoms with E-state index < -0.39 is 47.0 Å². The zero-order valence-electron chi connectivity index (χ0n) is 16.2. The van der Waals surface area contributed by atoms with Crippen molar-refractivity contribution in [2.75, 3.05) is 6.54 Å². The van der Waals surface area contributed by atoms with Crippen LogP contribution in [0.4, 0.5) is 4.79 Å². The van der Waals surface area contributed by atoms with Crippen LogP contribution in [0.2, 0.25) is 0 Å². The number of nitrogens with zero attached hydrogens (tertiary/aromatic N) is 1. The molecule has 0 saturated carbocycles. The Morgan fingerprint density at radius 1 is 1.15 bits per heavy atom. The summed E-state index contributed by atoms with van der Waals surface area (Å²) in [4.78, 5) is 50.7. The smallest absolute Gasteiger partial charge is 0.410 e. The monoisotopic (exact) mass is 369 g/mol. The molecule has 1 amide bonds. The van der Waals surface area contributed by atoms with Gasteiger partial charge < -0.3 is 19.1 Å². The summed E-state index contributed by atoms with van der Waals surface area (Å²) in [6, 6.07) is -0.250. The van der Waals surface area contributed by atoms with Crippen LogP contribution in [-0.4, -0.2) is 52.7 Å². The second-order valence-corrected chi connectivity index (χ2v) is 8.32. The maximum Gasteiger partial charge on any atom is 0.410 e. The third-order valence-electron chi connectivity index (χ3n) is 4.36. The minimum Gasteiger partial charge on any atom is -0.444 e. The Labute approximate surface area is 153 Å². The molecule has 0 aromatic heterocycles. The van der Waals surface area contributed by atoms with Crippen LogP contribution < -0.4 is 0 Å². The summed E-state index contributed by atoms with van der Waals surface area (Å²) in [5.74, 6) is -5.69. The maximum atomic E-state index is 12.7. The van der Waals surface area contributed by atoms with Gasteiger partial charge in [-0.1, -0.05) is 0 Å². The molecule has 0 aliphatic carbocycles. The molecule has 2 fully saturated rings. The van der Waals surface area contributed by atoms with E-state index in [0.717, 1.165) is 0 Å². The molecule has 2 heterocycles. The van der Waals surface area contributed by atoms with Gasteiger partial charge in [0, 0.05) is 32.4 Å². The molecule has 2 unspecified atom stereocenters. The Morgan fingerprint density at radius 2 is 1.69 bits per heavy atom. The van der Waals surface area contributed by atoms with Gasteiger partial charge in [-0.25, -0.2) is 4.79 Å². The number of ketones is 1. The van der Waals surface area contributed by atoms with Crippen molar-refractivity contribution < 1.29 is 33.4 Å². The largest absolute Gasteiger partial charge is 0.444 e. The highest BCUT2D eigenvalue weighted by Gasteiger charge is 2.49. The first-order valence-corrected chi connectivity index (χ1v) is 8.80. The van der Waals surface area contributed by atoms with Crippen LogP contribution in [0.1, 0.15) is 54.4 Å². The Balaban J connectivity index is 2.02. The fourth-order valence-corrected chi connectivity index (χ4v) is 3.21. The van der Waals surface area contributed by atoms with Crippen molar-refractivity contribution in [3.8, 4) is 0 Å². The van der Waals surface area contributed by atoms with Crippen molar-refractivity contribution in [2.24, 2.45) is 11.8 Å². The average Bonchev–Trinajstić information content (AvgIpc) is 2.42. The zero-order chi connectivity index (χ0) is 19.9. The molecular formula is C18H27NO7. The lowest BCUT2D eigenvalue weighted by Crippen LogP contribution is -2.53. The number of cyclic esters (lactones) is 2. The van der Waals surface area contributed by atoms with Gasteiger partial charge in [-0.15, -0.1) is 0 Å². The number of piperidine rings is 1. The SMILES string of the molecule is CC1CC(C(=O)C2C(=O)OC(C)(C)OC2=O)CCN1C(=O)OC(C)(C)C. The van der Waals surface area contributed by atoms with Gasteiger partial charge in [-0.2, -0.15) is 0 Å². The van der Waals surface area contributed by atoms with Gasteiger partial charge in [0.1, 0.15) is 5.60 Å². The van der Waals surface area contributed by atoms with E-state index in [1.807, 2.05) is 6.92 Å². The lowest BCUT2D eigenvalue weighted by Gasteiger charge is -2.39. The Hall–Kier alpha value is -2.12. The highest BCUT2D eigenvalue weighted by atomic mass is 16.7. The molecule has 0 spiro atoms. The number of carbonyl (C=O) groups excluding carboxylic acids is 4. The molecule has 26 heavy (non-hydrogen) atoms. The third kappa shape index (κ3) is 4.53. The first kappa shape index (κ1) is 20.2. The Bertz CT molecular complexity index is 600. The lowest BCUT2D eigenvalue weighted by molar-refractivity contribution is -0.238. The second kappa shape index (κ2) is 6.89. The van der Waals surface area contributed by atoms with Crippen molar-refractivity contribution in [3.05, 3.63) is 0 Å². The number of hydrogen-bond acceptors (Lipinski definition) is 7. The van der Waals surface area contributed by atoms with Gasteiger partial charge in [-0.3, -0.25) is 14.4 Å². The number of esters is 2. The highest BCUT2D eigenvalue weighted by molar-refractivity contribution is 6.16. The third-order valence-corrected chi connectivity index (χ3v) is 4.36. The molecule has 2 rings (SSSR count). The van der Waals surface area contributed by atoms with E-state index in [0.29, 0.717) is 19.4 Å². The Morgan fingerprint density at radius 3 is 2.15 bits per heavy atom. The number of rotatable bonds is 2. The van der Waals surface area contributed by atoms with Gasteiger partial charge in [-0.05, 0) is 40.5 Å². The first-order valence-electron chi connectivity index (χ1n) is 8.80. The van der Waals surface area contributed by atoms with Crippen molar-refractivity contribution in [3.63, 3.8) is 0 Å². The van der Waals surface area contributed by atoms with E-state index in [9.17, 15) is 19.2 Å². The molecule has 2 aliphatic heterocycles. The molecule has 2 aliphatic rings. The van der Waals surface area contributed by atoms with Crippen LogP contribution in [0.3, 0.4) is 0 Å². The van der Waals surface area contributed by atoms with Crippen LogP contribution in [0.25, 0.3) is 0 Å². The quantitative estimate of drug-likeness (QED) is 0.542. The van der Waals surface area contributed by atoms with Crippen LogP contribution >= 0.6 is 0 Å². The van der Waals surface area contributed by atoms with Crippen molar-refractivity contribution in [2.45, 2.75) is 71.8 Å². The van der Waals surface area contributed by atoms with Gasteiger partial charge >= 0.3 is 18.0 Å². The minimum absolute atomic E-state index is 0.250. The standard InChI is InChI=1S/C18H27NO7/c1-10-9-11(7-8-19(10)16(23)26-17(2,3)4)13(20)12-14(21)24-18(5,6)25-15(12)22/h10-12H,7-9H2,1-6H3. The molecule has 2 saturated heterocycles. The summed E-state index contributed by atoms with van der Waals surface area (Å²) in [5.41, 5.74) is -0.605. The van der Waals surface area contributed by atoms with Gasteiger partial charge in [0.2, 0.25) is 5.92 Å². The molecule has 0 bridgehead atoms. The van der Waals surface area contributed by atoms with Crippen LogP contribution in [0.15, 0.2) is 0 Å². The molecule has 0 radical (unpaired) electrons. The van der Waals surface area contributed by atoms with E-state index in [4.69, 9.17) is 14.2 Å². The van der Waals surface area contributed by atoms with E-state index in [1.165, 1.54) is 13.8 Å². The number of Topliss-reactive ketones (excluding diaryl/α,β-unsaturated/α-hetero) is 1. The summed E-state index contributed by atoms with van der Waals surface area (Å²) in [6.45, 7) is 10.4. The summed E-state index contributed by atoms with van der Waals surface area (Å²) in [7, 11) is 0. The summed E-state index contributed by atoms with van der Waals surface area (Å²) in [5, 5.41) is 0. The van der Waals surface area contributed by atoms with Crippen molar-refractivity contribution in [1.29, 1.82) is 0 Å². The number of hydrogen-bond donors (Lipinski definition) is 0. The molecular weight excluding hydrogens is 342 g/mol. The molecule has 0 aromatic rings. The average molecular weight is 369 g/mol. The molecule has 146 valence electrons. The fourth-order valence-electron chi connectivity index (χ4n) is 3.21. The highest BCUT2D eigenvalue weighted by Crippen LogP contribution is 2.31. The Kier molecular flexibility index (Phi) is 5.35. The van der Waals surface area contributed by atoms with Crippen molar-refractivity contribution >= 4 is 23.8 Å². The number of carbonyl (C=O) groups is 4. The van der Waals surface area contributed by atoms with Gasteiger partial charge in [0.15, 0.2) is 5.78 Å². The van der Waals surface area contributed by atoms with Gasteiger partial charge in [0.25, 0.3) is 5.79 Å². The molecule has 2 atom stereocenters. The molecule has 8 heteroatoms. The van der Waals surface area contributed by atoms with E-state index in [1.54, 1.807) is 25.7 Å². The topological polar surface area (TPSA) is 99.2 Å². The maximum absolute atomic E-state index is 12.7. The molecule has 0 aromatic carbocycles. The normalized spacial score (nSPS) is 26.8. The summed E-state index contributed by atoms with van der Waals surface area (Å²) in [6.07, 6.45) is 0.260. The summed E-state index contributed by atoms with van der Waals surface area (Å²) < 4.78 is 15.4.